The monoisotopic (exact) mass is 301 g/mol. The molecule has 0 spiro atoms. The molecule has 1 rings (SSSR count). The zero-order valence-corrected chi connectivity index (χ0v) is 11.7. The van der Waals surface area contributed by atoms with Gasteiger partial charge in [-0.3, -0.25) is 16.1 Å². The van der Waals surface area contributed by atoms with Crippen LogP contribution in [-0.4, -0.2) is 18.0 Å². The number of benzene rings is 1. The lowest BCUT2D eigenvalue weighted by molar-refractivity contribution is -0.137. The van der Waals surface area contributed by atoms with Gasteiger partial charge >= 0.3 is 6.18 Å². The predicted octanol–water partition coefficient (Wildman–Crippen LogP) is 2.25. The van der Waals surface area contributed by atoms with Crippen molar-refractivity contribution < 1.29 is 13.2 Å². The topological polar surface area (TPSA) is 83.8 Å². The van der Waals surface area contributed by atoms with Crippen LogP contribution in [-0.2, 0) is 12.7 Å². The smallest absolute Gasteiger partial charge is 0.354 e. The Morgan fingerprint density at radius 2 is 1.67 bits per heavy atom. The van der Waals surface area contributed by atoms with Gasteiger partial charge in [-0.25, -0.2) is 0 Å². The molecule has 5 nitrogen and oxygen atoms in total. The fourth-order valence-electron chi connectivity index (χ4n) is 1.50. The Morgan fingerprint density at radius 3 is 2.14 bits per heavy atom. The molecular weight excluding hydrogens is 283 g/mol. The summed E-state index contributed by atoms with van der Waals surface area (Å²) in [6.07, 6.45) is -4.35. The van der Waals surface area contributed by atoms with Crippen molar-refractivity contribution in [3.8, 4) is 0 Å². The van der Waals surface area contributed by atoms with E-state index in [1.54, 1.807) is 0 Å². The van der Waals surface area contributed by atoms with Crippen LogP contribution >= 0.6 is 0 Å². The van der Waals surface area contributed by atoms with Crippen LogP contribution in [0.3, 0.4) is 0 Å². The third-order valence-corrected chi connectivity index (χ3v) is 2.43. The normalized spacial score (nSPS) is 11.1. The molecule has 116 valence electrons. The molecule has 0 unspecified atom stereocenters. The summed E-state index contributed by atoms with van der Waals surface area (Å²) in [5, 5.41) is 23.0. The molecule has 21 heavy (non-hydrogen) atoms. The van der Waals surface area contributed by atoms with Gasteiger partial charge in [-0.15, -0.1) is 0 Å². The Hall–Kier alpha value is -2.25. The highest BCUT2D eigenvalue weighted by Crippen LogP contribution is 2.28. The third kappa shape index (κ3) is 6.15. The van der Waals surface area contributed by atoms with E-state index in [1.807, 2.05) is 13.8 Å². The molecule has 0 fully saturated rings. The van der Waals surface area contributed by atoms with Gasteiger partial charge in [0.25, 0.3) is 0 Å². The molecule has 1 aromatic rings. The molecule has 0 heterocycles. The summed E-state index contributed by atoms with van der Waals surface area (Å²) in [5.41, 5.74) is -0.0970. The fraction of sp³-hybridized carbons (Fsp3) is 0.385. The van der Waals surface area contributed by atoms with Gasteiger partial charge in [0.15, 0.2) is 11.9 Å². The quantitative estimate of drug-likeness (QED) is 0.438. The van der Waals surface area contributed by atoms with Gasteiger partial charge in [-0.05, 0) is 31.5 Å². The molecule has 0 radical (unpaired) electrons. The van der Waals surface area contributed by atoms with Gasteiger partial charge in [0.05, 0.1) is 5.56 Å². The molecule has 5 N–H and O–H groups in total. The molecule has 1 aromatic carbocycles. The molecule has 0 saturated heterocycles. The van der Waals surface area contributed by atoms with Crippen molar-refractivity contribution in [2.45, 2.75) is 32.6 Å². The Morgan fingerprint density at radius 1 is 1.10 bits per heavy atom. The molecule has 0 amide bonds. The molecule has 0 aliphatic heterocycles. The molecule has 0 bridgehead atoms. The summed E-state index contributed by atoms with van der Waals surface area (Å²) < 4.78 is 37.2. The zero-order valence-electron chi connectivity index (χ0n) is 11.7. The second kappa shape index (κ2) is 6.96. The minimum atomic E-state index is -4.35. The first-order chi connectivity index (χ1) is 9.68. The molecular formula is C13H18F3N5. The molecule has 0 aliphatic rings. The number of rotatable bonds is 3. The number of hydrogen-bond acceptors (Lipinski definition) is 2. The molecule has 0 aromatic heterocycles. The molecule has 8 heteroatoms. The lowest BCUT2D eigenvalue weighted by atomic mass is 10.1. The van der Waals surface area contributed by atoms with Crippen molar-refractivity contribution in [2.75, 3.05) is 0 Å². The second-order valence-electron chi connectivity index (χ2n) is 4.72. The predicted molar refractivity (Wildman–Crippen MR) is 75.1 cm³/mol. The molecule has 0 saturated carbocycles. The fourth-order valence-corrected chi connectivity index (χ4v) is 1.50. The van der Waals surface area contributed by atoms with Gasteiger partial charge in [-0.1, -0.05) is 12.1 Å². The maximum atomic E-state index is 12.4. The van der Waals surface area contributed by atoms with Crippen molar-refractivity contribution in [1.82, 2.24) is 16.0 Å². The van der Waals surface area contributed by atoms with Crippen molar-refractivity contribution in [3.63, 3.8) is 0 Å². The molecule has 0 aliphatic carbocycles. The largest absolute Gasteiger partial charge is 0.416 e. The van der Waals surface area contributed by atoms with Gasteiger partial charge in [0, 0.05) is 12.6 Å². The Bertz CT molecular complexity index is 494. The summed E-state index contributed by atoms with van der Waals surface area (Å²) >= 11 is 0. The van der Waals surface area contributed by atoms with E-state index in [0.29, 0.717) is 5.56 Å². The van der Waals surface area contributed by atoms with Crippen molar-refractivity contribution in [1.29, 1.82) is 10.8 Å². The van der Waals surface area contributed by atoms with E-state index in [0.717, 1.165) is 12.1 Å². The first-order valence-electron chi connectivity index (χ1n) is 6.29. The van der Waals surface area contributed by atoms with E-state index in [-0.39, 0.29) is 24.5 Å². The van der Waals surface area contributed by atoms with E-state index >= 15 is 0 Å². The number of hydrogen-bond donors (Lipinski definition) is 5. The second-order valence-corrected chi connectivity index (χ2v) is 4.72. The van der Waals surface area contributed by atoms with E-state index in [9.17, 15) is 13.2 Å². The Labute approximate surface area is 121 Å². The minimum absolute atomic E-state index is 0.0186. The van der Waals surface area contributed by atoms with Gasteiger partial charge < -0.3 is 10.6 Å². The lowest BCUT2D eigenvalue weighted by Gasteiger charge is -2.14. The van der Waals surface area contributed by atoms with Gasteiger partial charge in [0.2, 0.25) is 0 Å². The number of guanidine groups is 2. The van der Waals surface area contributed by atoms with Crippen molar-refractivity contribution in [3.05, 3.63) is 35.4 Å². The van der Waals surface area contributed by atoms with Crippen LogP contribution in [0, 0.1) is 10.8 Å². The number of alkyl halides is 3. The summed E-state index contributed by atoms with van der Waals surface area (Å²) in [5.74, 6) is -0.122. The van der Waals surface area contributed by atoms with Crippen LogP contribution in [0.5, 0.6) is 0 Å². The third-order valence-electron chi connectivity index (χ3n) is 2.43. The minimum Gasteiger partial charge on any atom is -0.354 e. The summed E-state index contributed by atoms with van der Waals surface area (Å²) in [6.45, 7) is 3.91. The number of nitrogens with one attached hydrogen (secondary N) is 5. The Balaban J connectivity index is 2.45. The van der Waals surface area contributed by atoms with Crippen LogP contribution in [0.2, 0.25) is 0 Å². The van der Waals surface area contributed by atoms with Crippen molar-refractivity contribution >= 4 is 11.9 Å². The Kier molecular flexibility index (Phi) is 5.57. The van der Waals surface area contributed by atoms with Crippen LogP contribution in [0.25, 0.3) is 0 Å². The lowest BCUT2D eigenvalue weighted by Crippen LogP contribution is -2.47. The van der Waals surface area contributed by atoms with Crippen LogP contribution in [0.4, 0.5) is 13.2 Å². The maximum absolute atomic E-state index is 12.4. The van der Waals surface area contributed by atoms with Crippen LogP contribution in [0.15, 0.2) is 24.3 Å². The standard InChI is InChI=1S/C13H18F3N5/c1-8(2)20-12(18)21-11(17)19-7-9-3-5-10(6-4-9)13(14,15)16/h3-6,8H,7H2,1-2H3,(H5,17,18,19,20,21). The van der Waals surface area contributed by atoms with E-state index < -0.39 is 11.7 Å². The zero-order chi connectivity index (χ0) is 16.0. The highest BCUT2D eigenvalue weighted by Gasteiger charge is 2.29. The first kappa shape index (κ1) is 16.8. The highest BCUT2D eigenvalue weighted by atomic mass is 19.4. The average Bonchev–Trinajstić information content (AvgIpc) is 2.34. The number of halogens is 3. The van der Waals surface area contributed by atoms with E-state index in [2.05, 4.69) is 16.0 Å². The average molecular weight is 301 g/mol. The summed E-state index contributed by atoms with van der Waals surface area (Å²) in [4.78, 5) is 0. The van der Waals surface area contributed by atoms with E-state index in [1.165, 1.54) is 12.1 Å². The van der Waals surface area contributed by atoms with Crippen LogP contribution < -0.4 is 16.0 Å². The maximum Gasteiger partial charge on any atom is 0.416 e. The molecule has 0 atom stereocenters. The SMILES string of the molecule is CC(C)NC(=N)NC(=N)NCc1ccc(C(F)(F)F)cc1. The van der Waals surface area contributed by atoms with Gasteiger partial charge in [-0.2, -0.15) is 13.2 Å². The van der Waals surface area contributed by atoms with Gasteiger partial charge in [0.1, 0.15) is 0 Å². The van der Waals surface area contributed by atoms with Crippen LogP contribution in [0.1, 0.15) is 25.0 Å². The van der Waals surface area contributed by atoms with Crippen molar-refractivity contribution in [2.24, 2.45) is 0 Å². The highest BCUT2D eigenvalue weighted by molar-refractivity contribution is 5.95. The summed E-state index contributed by atoms with van der Waals surface area (Å²) in [6, 6.07) is 4.75. The first-order valence-corrected chi connectivity index (χ1v) is 6.29. The summed E-state index contributed by atoms with van der Waals surface area (Å²) in [7, 11) is 0. The van der Waals surface area contributed by atoms with E-state index in [4.69, 9.17) is 10.8 Å².